The zero-order chi connectivity index (χ0) is 22.2. The van der Waals surface area contributed by atoms with E-state index in [1.807, 2.05) is 31.2 Å². The number of carbonyl (C=O) groups excluding carboxylic acids is 1. The molecule has 0 aliphatic rings. The van der Waals surface area contributed by atoms with Gasteiger partial charge in [-0.2, -0.15) is 18.0 Å². The number of aromatic nitrogens is 5. The van der Waals surface area contributed by atoms with Crippen LogP contribution in [0.5, 0.6) is 0 Å². The Labute approximate surface area is 179 Å². The monoisotopic (exact) mass is 446 g/mol. The van der Waals surface area contributed by atoms with Gasteiger partial charge in [0.1, 0.15) is 11.6 Å². The van der Waals surface area contributed by atoms with Gasteiger partial charge in [-0.25, -0.2) is 4.98 Å². The molecule has 0 aliphatic carbocycles. The van der Waals surface area contributed by atoms with Gasteiger partial charge in [-0.3, -0.25) is 4.79 Å². The SMILES string of the molecule is C[C@H](c1nc2ccccc2s1)N(C)C(=O)Cn1nnc(-c2cccc(C(F)(F)F)c2)n1. The van der Waals surface area contributed by atoms with Crippen LogP contribution in [0.1, 0.15) is 23.5 Å². The number of thiazole rings is 1. The summed E-state index contributed by atoms with van der Waals surface area (Å²) in [6.07, 6.45) is -4.47. The van der Waals surface area contributed by atoms with Gasteiger partial charge in [0.15, 0.2) is 0 Å². The summed E-state index contributed by atoms with van der Waals surface area (Å²) in [5.74, 6) is -0.263. The standard InChI is InChI=1S/C20H17F3N6OS/c1-12(19-24-15-8-3-4-9-16(15)31-19)28(2)17(30)11-29-26-18(25-27-29)13-6-5-7-14(10-13)20(21,22)23/h3-10,12H,11H2,1-2H3/t12-/m1/s1. The van der Waals surface area contributed by atoms with E-state index >= 15 is 0 Å². The van der Waals surface area contributed by atoms with Crippen molar-refractivity contribution >= 4 is 27.5 Å². The van der Waals surface area contributed by atoms with E-state index in [1.165, 1.54) is 28.4 Å². The van der Waals surface area contributed by atoms with Crippen LogP contribution in [0.2, 0.25) is 0 Å². The molecule has 0 unspecified atom stereocenters. The molecule has 1 atom stereocenters. The number of rotatable bonds is 5. The van der Waals surface area contributed by atoms with Gasteiger partial charge in [0.2, 0.25) is 11.7 Å². The highest BCUT2D eigenvalue weighted by Crippen LogP contribution is 2.31. The fourth-order valence-electron chi connectivity index (χ4n) is 2.94. The Bertz CT molecular complexity index is 1200. The molecule has 0 saturated heterocycles. The number of tetrazole rings is 1. The van der Waals surface area contributed by atoms with E-state index < -0.39 is 11.7 Å². The molecular weight excluding hydrogens is 429 g/mol. The average Bonchev–Trinajstić information content (AvgIpc) is 3.39. The normalized spacial score (nSPS) is 12.8. The maximum absolute atomic E-state index is 12.9. The number of likely N-dealkylation sites (N-methyl/N-ethyl adjacent to an activating group) is 1. The number of hydrogen-bond donors (Lipinski definition) is 0. The van der Waals surface area contributed by atoms with Crippen LogP contribution in [0.15, 0.2) is 48.5 Å². The average molecular weight is 446 g/mol. The van der Waals surface area contributed by atoms with E-state index in [1.54, 1.807) is 7.05 Å². The van der Waals surface area contributed by atoms with Crippen molar-refractivity contribution in [3.05, 3.63) is 59.1 Å². The molecule has 0 spiro atoms. The third-order valence-electron chi connectivity index (χ3n) is 4.82. The van der Waals surface area contributed by atoms with E-state index in [2.05, 4.69) is 20.4 Å². The first kappa shape index (κ1) is 20.9. The zero-order valence-electron chi connectivity index (χ0n) is 16.5. The molecule has 0 bridgehead atoms. The number of fused-ring (bicyclic) bond motifs is 1. The lowest BCUT2D eigenvalue weighted by molar-refractivity contribution is -0.137. The largest absolute Gasteiger partial charge is 0.416 e. The number of benzene rings is 2. The Morgan fingerprint density at radius 1 is 1.19 bits per heavy atom. The molecule has 0 radical (unpaired) electrons. The summed E-state index contributed by atoms with van der Waals surface area (Å²) < 4.78 is 39.8. The Hall–Kier alpha value is -3.34. The van der Waals surface area contributed by atoms with Crippen molar-refractivity contribution in [1.82, 2.24) is 30.1 Å². The molecule has 0 N–H and O–H groups in total. The minimum absolute atomic E-state index is 0.0146. The lowest BCUT2D eigenvalue weighted by atomic mass is 10.1. The first-order chi connectivity index (χ1) is 14.7. The maximum Gasteiger partial charge on any atom is 0.416 e. The van der Waals surface area contributed by atoms with Crippen LogP contribution in [0, 0.1) is 0 Å². The topological polar surface area (TPSA) is 76.8 Å². The summed E-state index contributed by atoms with van der Waals surface area (Å²) in [7, 11) is 1.66. The number of amides is 1. The molecule has 2 aromatic carbocycles. The fourth-order valence-corrected chi connectivity index (χ4v) is 4.01. The van der Waals surface area contributed by atoms with Crippen LogP contribution in [-0.4, -0.2) is 43.0 Å². The Kier molecular flexibility index (Phi) is 5.44. The number of halogens is 3. The number of carbonyl (C=O) groups is 1. The number of alkyl halides is 3. The first-order valence-corrected chi connectivity index (χ1v) is 10.1. The van der Waals surface area contributed by atoms with Crippen molar-refractivity contribution in [1.29, 1.82) is 0 Å². The van der Waals surface area contributed by atoms with Crippen molar-refractivity contribution in [2.24, 2.45) is 0 Å². The Morgan fingerprint density at radius 3 is 2.71 bits per heavy atom. The van der Waals surface area contributed by atoms with Crippen molar-refractivity contribution in [3.63, 3.8) is 0 Å². The lowest BCUT2D eigenvalue weighted by Gasteiger charge is -2.22. The van der Waals surface area contributed by atoms with E-state index in [4.69, 9.17) is 0 Å². The molecule has 7 nitrogen and oxygen atoms in total. The van der Waals surface area contributed by atoms with Crippen LogP contribution in [-0.2, 0) is 17.5 Å². The van der Waals surface area contributed by atoms with Gasteiger partial charge < -0.3 is 4.90 Å². The molecule has 4 rings (SSSR count). The summed E-state index contributed by atoms with van der Waals surface area (Å²) in [5.41, 5.74) is 0.241. The summed E-state index contributed by atoms with van der Waals surface area (Å²) in [6, 6.07) is 12.1. The highest BCUT2D eigenvalue weighted by Gasteiger charge is 2.31. The van der Waals surface area contributed by atoms with Crippen LogP contribution in [0.25, 0.3) is 21.6 Å². The highest BCUT2D eigenvalue weighted by atomic mass is 32.1. The van der Waals surface area contributed by atoms with Gasteiger partial charge >= 0.3 is 6.18 Å². The van der Waals surface area contributed by atoms with Gasteiger partial charge in [0, 0.05) is 12.6 Å². The summed E-state index contributed by atoms with van der Waals surface area (Å²) in [5, 5.41) is 12.5. The zero-order valence-corrected chi connectivity index (χ0v) is 17.4. The van der Waals surface area contributed by atoms with E-state index in [9.17, 15) is 18.0 Å². The van der Waals surface area contributed by atoms with Crippen molar-refractivity contribution in [2.75, 3.05) is 7.05 Å². The van der Waals surface area contributed by atoms with Gasteiger partial charge in [-0.15, -0.1) is 21.5 Å². The minimum Gasteiger partial charge on any atom is -0.335 e. The van der Waals surface area contributed by atoms with Crippen molar-refractivity contribution < 1.29 is 18.0 Å². The van der Waals surface area contributed by atoms with Crippen LogP contribution in [0.3, 0.4) is 0 Å². The highest BCUT2D eigenvalue weighted by molar-refractivity contribution is 7.18. The molecule has 0 saturated carbocycles. The predicted molar refractivity (Wildman–Crippen MR) is 109 cm³/mol. The second-order valence-corrected chi connectivity index (χ2v) is 7.98. The van der Waals surface area contributed by atoms with E-state index in [0.717, 1.165) is 32.2 Å². The van der Waals surface area contributed by atoms with Crippen LogP contribution in [0.4, 0.5) is 13.2 Å². The third kappa shape index (κ3) is 4.41. The molecule has 2 heterocycles. The number of nitrogens with zero attached hydrogens (tertiary/aromatic N) is 6. The number of hydrogen-bond acceptors (Lipinski definition) is 6. The van der Waals surface area contributed by atoms with Gasteiger partial charge in [0.25, 0.3) is 0 Å². The second kappa shape index (κ2) is 8.06. The molecule has 160 valence electrons. The summed E-state index contributed by atoms with van der Waals surface area (Å²) >= 11 is 1.51. The van der Waals surface area contributed by atoms with Crippen LogP contribution < -0.4 is 0 Å². The fraction of sp³-hybridized carbons (Fsp3) is 0.250. The molecule has 0 aliphatic heterocycles. The smallest absolute Gasteiger partial charge is 0.335 e. The number of para-hydroxylation sites is 1. The molecule has 11 heteroatoms. The molecule has 2 aromatic heterocycles. The van der Waals surface area contributed by atoms with Crippen LogP contribution >= 0.6 is 11.3 Å². The summed E-state index contributed by atoms with van der Waals surface area (Å²) in [6.45, 7) is 1.68. The van der Waals surface area contributed by atoms with Gasteiger partial charge in [-0.05, 0) is 36.4 Å². The van der Waals surface area contributed by atoms with Crippen molar-refractivity contribution in [3.8, 4) is 11.4 Å². The molecule has 31 heavy (non-hydrogen) atoms. The van der Waals surface area contributed by atoms with Gasteiger partial charge in [0.05, 0.1) is 21.8 Å². The predicted octanol–water partition coefficient (Wildman–Crippen LogP) is 4.19. The molecule has 0 fully saturated rings. The minimum atomic E-state index is -4.47. The van der Waals surface area contributed by atoms with Gasteiger partial charge in [-0.1, -0.05) is 24.3 Å². The maximum atomic E-state index is 12.9. The Balaban J connectivity index is 1.47. The Morgan fingerprint density at radius 2 is 1.97 bits per heavy atom. The van der Waals surface area contributed by atoms with E-state index in [-0.39, 0.29) is 29.9 Å². The van der Waals surface area contributed by atoms with Crippen molar-refractivity contribution in [2.45, 2.75) is 25.7 Å². The quantitative estimate of drug-likeness (QED) is 0.460. The van der Waals surface area contributed by atoms with E-state index in [0.29, 0.717) is 0 Å². The summed E-state index contributed by atoms with van der Waals surface area (Å²) in [4.78, 5) is 19.9. The molecule has 4 aromatic rings. The first-order valence-electron chi connectivity index (χ1n) is 9.29. The molecular formula is C20H17F3N6OS. The molecule has 1 amide bonds. The second-order valence-electron chi connectivity index (χ2n) is 6.92. The lowest BCUT2D eigenvalue weighted by Crippen LogP contribution is -2.33. The third-order valence-corrected chi connectivity index (χ3v) is 6.03.